The SMILES string of the molecule is O=C(NCCc1cccc2cccnc12)[C@H]1COc2ccc(Cl)cc2C1. The van der Waals surface area contributed by atoms with Gasteiger partial charge in [-0.05, 0) is 48.2 Å². The van der Waals surface area contributed by atoms with Crippen molar-refractivity contribution < 1.29 is 9.53 Å². The van der Waals surface area contributed by atoms with Crippen molar-refractivity contribution >= 4 is 28.4 Å². The summed E-state index contributed by atoms with van der Waals surface area (Å²) in [4.78, 5) is 17.0. The summed E-state index contributed by atoms with van der Waals surface area (Å²) in [6.45, 7) is 0.976. The molecule has 0 saturated heterocycles. The van der Waals surface area contributed by atoms with Gasteiger partial charge in [0, 0.05) is 23.2 Å². The molecule has 0 fully saturated rings. The Balaban J connectivity index is 1.37. The first-order valence-electron chi connectivity index (χ1n) is 8.72. The molecular formula is C21H19ClN2O2. The Morgan fingerprint density at radius 3 is 3.04 bits per heavy atom. The molecule has 132 valence electrons. The Morgan fingerprint density at radius 1 is 1.23 bits per heavy atom. The zero-order valence-corrected chi connectivity index (χ0v) is 15.0. The minimum absolute atomic E-state index is 0.0174. The number of hydrogen-bond acceptors (Lipinski definition) is 3. The molecule has 2 aromatic carbocycles. The molecule has 0 bridgehead atoms. The lowest BCUT2D eigenvalue weighted by atomic mass is 9.96. The largest absolute Gasteiger partial charge is 0.492 e. The fraction of sp³-hybridized carbons (Fsp3) is 0.238. The Bertz CT molecular complexity index is 952. The number of nitrogens with zero attached hydrogens (tertiary/aromatic N) is 1. The Morgan fingerprint density at radius 2 is 2.12 bits per heavy atom. The average molecular weight is 367 g/mol. The third kappa shape index (κ3) is 3.51. The van der Waals surface area contributed by atoms with Crippen molar-refractivity contribution in [1.29, 1.82) is 0 Å². The van der Waals surface area contributed by atoms with Crippen LogP contribution in [0.2, 0.25) is 5.02 Å². The van der Waals surface area contributed by atoms with Crippen LogP contribution in [0.1, 0.15) is 11.1 Å². The van der Waals surface area contributed by atoms with Gasteiger partial charge in [0.2, 0.25) is 5.91 Å². The Hall–Kier alpha value is -2.59. The van der Waals surface area contributed by atoms with E-state index < -0.39 is 0 Å². The summed E-state index contributed by atoms with van der Waals surface area (Å²) < 4.78 is 5.70. The number of para-hydroxylation sites is 1. The van der Waals surface area contributed by atoms with E-state index in [0.29, 0.717) is 24.6 Å². The number of nitrogens with one attached hydrogen (secondary N) is 1. The van der Waals surface area contributed by atoms with Crippen LogP contribution < -0.4 is 10.1 Å². The fourth-order valence-corrected chi connectivity index (χ4v) is 3.56. The predicted octanol–water partition coefficient (Wildman–Crippen LogP) is 3.80. The quantitative estimate of drug-likeness (QED) is 0.764. The molecule has 2 heterocycles. The number of rotatable bonds is 4. The van der Waals surface area contributed by atoms with Crippen LogP contribution in [-0.2, 0) is 17.6 Å². The van der Waals surface area contributed by atoms with Crippen LogP contribution in [-0.4, -0.2) is 24.0 Å². The summed E-state index contributed by atoms with van der Waals surface area (Å²) in [6, 6.07) is 15.6. The van der Waals surface area contributed by atoms with Crippen LogP contribution in [0.4, 0.5) is 0 Å². The topological polar surface area (TPSA) is 51.2 Å². The van der Waals surface area contributed by atoms with Gasteiger partial charge in [-0.3, -0.25) is 9.78 Å². The zero-order chi connectivity index (χ0) is 17.9. The zero-order valence-electron chi connectivity index (χ0n) is 14.2. The van der Waals surface area contributed by atoms with E-state index in [1.165, 1.54) is 0 Å². The van der Waals surface area contributed by atoms with Crippen molar-refractivity contribution in [3.63, 3.8) is 0 Å². The van der Waals surface area contributed by atoms with Gasteiger partial charge in [0.1, 0.15) is 12.4 Å². The number of carbonyl (C=O) groups is 1. The van der Waals surface area contributed by atoms with Gasteiger partial charge in [-0.2, -0.15) is 0 Å². The van der Waals surface area contributed by atoms with Crippen LogP contribution in [0, 0.1) is 5.92 Å². The van der Waals surface area contributed by atoms with Gasteiger partial charge in [-0.15, -0.1) is 0 Å². The highest BCUT2D eigenvalue weighted by atomic mass is 35.5. The molecule has 26 heavy (non-hydrogen) atoms. The fourth-order valence-electron chi connectivity index (χ4n) is 3.37. The van der Waals surface area contributed by atoms with Crippen molar-refractivity contribution in [2.45, 2.75) is 12.8 Å². The molecule has 0 radical (unpaired) electrons. The second-order valence-electron chi connectivity index (χ2n) is 6.50. The number of amides is 1. The molecule has 1 amide bonds. The van der Waals surface area contributed by atoms with Gasteiger partial charge < -0.3 is 10.1 Å². The summed E-state index contributed by atoms with van der Waals surface area (Å²) in [5.74, 6) is 0.649. The van der Waals surface area contributed by atoms with Gasteiger partial charge in [0.25, 0.3) is 0 Å². The number of benzene rings is 2. The molecule has 4 nitrogen and oxygen atoms in total. The van der Waals surface area contributed by atoms with E-state index in [9.17, 15) is 4.79 Å². The number of carbonyl (C=O) groups excluding carboxylic acids is 1. The second-order valence-corrected chi connectivity index (χ2v) is 6.93. The molecule has 1 atom stereocenters. The standard InChI is InChI=1S/C21H19ClN2O2/c22-18-6-7-19-16(12-18)11-17(13-26-19)21(25)24-10-8-15-4-1-3-14-5-2-9-23-20(14)15/h1-7,9,12,17H,8,10-11,13H2,(H,24,25)/t17-/m1/s1. The molecule has 0 saturated carbocycles. The number of ether oxygens (including phenoxy) is 1. The first-order valence-corrected chi connectivity index (χ1v) is 9.10. The maximum Gasteiger partial charge on any atom is 0.226 e. The Labute approximate surface area is 157 Å². The van der Waals surface area contributed by atoms with E-state index in [1.54, 1.807) is 12.3 Å². The molecule has 1 N–H and O–H groups in total. The Kier molecular flexibility index (Phi) is 4.76. The highest BCUT2D eigenvalue weighted by Crippen LogP contribution is 2.29. The van der Waals surface area contributed by atoms with Gasteiger partial charge in [-0.25, -0.2) is 0 Å². The van der Waals surface area contributed by atoms with Crippen molar-refractivity contribution in [3.8, 4) is 5.75 Å². The third-order valence-corrected chi connectivity index (χ3v) is 4.94. The van der Waals surface area contributed by atoms with Gasteiger partial charge >= 0.3 is 0 Å². The highest BCUT2D eigenvalue weighted by molar-refractivity contribution is 6.30. The van der Waals surface area contributed by atoms with Gasteiger partial charge in [-0.1, -0.05) is 35.9 Å². The van der Waals surface area contributed by atoms with Crippen LogP contribution >= 0.6 is 11.6 Å². The summed E-state index contributed by atoms with van der Waals surface area (Å²) >= 11 is 6.04. The normalized spacial score (nSPS) is 16.0. The molecule has 4 rings (SSSR count). The molecular weight excluding hydrogens is 348 g/mol. The van der Waals surface area contributed by atoms with E-state index in [0.717, 1.165) is 34.2 Å². The smallest absolute Gasteiger partial charge is 0.226 e. The number of pyridine rings is 1. The molecule has 1 aliphatic heterocycles. The average Bonchev–Trinajstić information content (AvgIpc) is 2.67. The van der Waals surface area contributed by atoms with Crippen molar-refractivity contribution in [3.05, 3.63) is 70.9 Å². The minimum atomic E-state index is -0.188. The first kappa shape index (κ1) is 16.9. The number of halogens is 1. The molecule has 1 aliphatic rings. The lowest BCUT2D eigenvalue weighted by molar-refractivity contribution is -0.126. The van der Waals surface area contributed by atoms with E-state index in [-0.39, 0.29) is 11.8 Å². The molecule has 0 unspecified atom stereocenters. The lowest BCUT2D eigenvalue weighted by Crippen LogP contribution is -2.38. The van der Waals surface area contributed by atoms with Crippen molar-refractivity contribution in [2.75, 3.05) is 13.2 Å². The molecule has 1 aromatic heterocycles. The number of aromatic nitrogens is 1. The second kappa shape index (κ2) is 7.34. The van der Waals surface area contributed by atoms with Crippen LogP contribution in [0.3, 0.4) is 0 Å². The first-order chi connectivity index (χ1) is 12.7. The molecule has 0 aliphatic carbocycles. The minimum Gasteiger partial charge on any atom is -0.492 e. The predicted molar refractivity (Wildman–Crippen MR) is 103 cm³/mol. The molecule has 0 spiro atoms. The number of fused-ring (bicyclic) bond motifs is 2. The van der Waals surface area contributed by atoms with Gasteiger partial charge in [0.15, 0.2) is 0 Å². The van der Waals surface area contributed by atoms with E-state index in [2.05, 4.69) is 16.4 Å². The third-order valence-electron chi connectivity index (χ3n) is 4.71. The van der Waals surface area contributed by atoms with E-state index >= 15 is 0 Å². The van der Waals surface area contributed by atoms with E-state index in [4.69, 9.17) is 16.3 Å². The number of hydrogen-bond donors (Lipinski definition) is 1. The summed E-state index contributed by atoms with van der Waals surface area (Å²) in [7, 11) is 0. The maximum atomic E-state index is 12.5. The van der Waals surface area contributed by atoms with Crippen molar-refractivity contribution in [1.82, 2.24) is 10.3 Å². The monoisotopic (exact) mass is 366 g/mol. The lowest BCUT2D eigenvalue weighted by Gasteiger charge is -2.24. The summed E-state index contributed by atoms with van der Waals surface area (Å²) in [5.41, 5.74) is 3.12. The van der Waals surface area contributed by atoms with Crippen LogP contribution in [0.5, 0.6) is 5.75 Å². The summed E-state index contributed by atoms with van der Waals surface area (Å²) in [5, 5.41) is 4.81. The van der Waals surface area contributed by atoms with Crippen molar-refractivity contribution in [2.24, 2.45) is 5.92 Å². The van der Waals surface area contributed by atoms with Crippen LogP contribution in [0.15, 0.2) is 54.7 Å². The molecule has 5 heteroatoms. The maximum absolute atomic E-state index is 12.5. The van der Waals surface area contributed by atoms with Crippen LogP contribution in [0.25, 0.3) is 10.9 Å². The highest BCUT2D eigenvalue weighted by Gasteiger charge is 2.25. The molecule has 3 aromatic rings. The van der Waals surface area contributed by atoms with Gasteiger partial charge in [0.05, 0.1) is 11.4 Å². The summed E-state index contributed by atoms with van der Waals surface area (Å²) in [6.07, 6.45) is 3.19. The van der Waals surface area contributed by atoms with E-state index in [1.807, 2.05) is 36.4 Å².